The monoisotopic (exact) mass is 1140 g/mol. The molecule has 0 saturated heterocycles. The summed E-state index contributed by atoms with van der Waals surface area (Å²) in [5.74, 6) is 0. The number of rotatable bonds is 0. The molecular formula is H36Mo7NO25-5. The molecular weight excluding hydrogens is 1090 g/mol. The van der Waals surface area contributed by atoms with Gasteiger partial charge < -0.3 is 143 Å². The molecule has 0 spiro atoms. The Kier molecular flexibility index (Phi) is 303000. The Morgan fingerprint density at radius 3 is 0.182 bits per heavy atom. The van der Waals surface area contributed by atoms with E-state index in [2.05, 4.69) is 0 Å². The largest absolute Gasteiger partial charge is 2.00 e. The maximum atomic E-state index is 0. The second-order valence-electron chi connectivity index (χ2n) is 0. The fraction of sp³-hybridized carbons (Fsp3) is 0. The molecule has 33 heteroatoms. The molecule has 0 aliphatic carbocycles. The average molecular weight is 1120 g/mol. The van der Waals surface area contributed by atoms with Gasteiger partial charge in [0.25, 0.3) is 0 Å². The molecule has 0 heterocycles. The zero-order chi connectivity index (χ0) is 0. The van der Waals surface area contributed by atoms with Crippen LogP contribution in [0.4, 0.5) is 0 Å². The van der Waals surface area contributed by atoms with Crippen molar-refractivity contribution in [2.24, 2.45) is 0 Å². The van der Waals surface area contributed by atoms with E-state index < -0.39 is 0 Å². The van der Waals surface area contributed by atoms with Crippen LogP contribution in [0.1, 0.15) is 0 Å². The molecule has 36 N–H and O–H groups in total. The first-order valence-electron chi connectivity index (χ1n) is 0. The second-order valence-corrected chi connectivity index (χ2v) is 0. The molecule has 0 aromatic carbocycles. The fourth-order valence-electron chi connectivity index (χ4n) is 0. The van der Waals surface area contributed by atoms with Crippen molar-refractivity contribution in [1.82, 2.24) is 6.15 Å². The van der Waals surface area contributed by atoms with E-state index in [0.717, 1.165) is 0 Å². The zero-order valence-corrected chi connectivity index (χ0v) is 29.5. The van der Waals surface area contributed by atoms with Crippen LogP contribution in [-0.2, 0) is 180 Å². The summed E-state index contributed by atoms with van der Waals surface area (Å²) in [5.41, 5.74) is 0. The van der Waals surface area contributed by atoms with E-state index >= 15 is 0 Å². The van der Waals surface area contributed by atoms with Crippen LogP contribution in [0.15, 0.2) is 0 Å². The Morgan fingerprint density at radius 1 is 0.182 bits per heavy atom. The Morgan fingerprint density at radius 2 is 0.182 bits per heavy atom. The summed E-state index contributed by atoms with van der Waals surface area (Å²) in [6.45, 7) is 0. The summed E-state index contributed by atoms with van der Waals surface area (Å²) in [4.78, 5) is 0. The Bertz CT molecular complexity index is 30.7. The molecule has 0 radical (unpaired) electrons. The summed E-state index contributed by atoms with van der Waals surface area (Å²) >= 11 is 0. The normalized spacial score (nSPS) is 0. The first-order valence-corrected chi connectivity index (χ1v) is 0. The van der Waals surface area contributed by atoms with Gasteiger partial charge in [-0.3, -0.25) is 0 Å². The van der Waals surface area contributed by atoms with E-state index in [1.54, 1.807) is 0 Å². The molecule has 0 unspecified atom stereocenters. The van der Waals surface area contributed by atoms with Crippen molar-refractivity contribution in [3.63, 3.8) is 0 Å². The van der Waals surface area contributed by atoms with Gasteiger partial charge in [-0.05, 0) is 0 Å². The molecule has 0 aromatic rings. The van der Waals surface area contributed by atoms with Crippen molar-refractivity contribution in [2.45, 2.75) is 0 Å². The topological polar surface area (TPSA) is 797 Å². The molecule has 0 amide bonds. The van der Waals surface area contributed by atoms with Gasteiger partial charge in [-0.25, -0.2) is 0 Å². The number of quaternary nitrogens is 1. The Balaban J connectivity index is 0. The van der Waals surface area contributed by atoms with Gasteiger partial charge in [-0.1, -0.05) is 0 Å². The first-order chi connectivity index (χ1) is 0. The van der Waals surface area contributed by atoms with Gasteiger partial charge in [-0.15, -0.1) is 0 Å². The Hall–Kier alpha value is 3.78. The average Bonchev–Trinajstić information content (AvgIpc) is 0. The fourth-order valence-corrected chi connectivity index (χ4v) is 0. The van der Waals surface area contributed by atoms with Crippen LogP contribution in [0.2, 0.25) is 0 Å². The summed E-state index contributed by atoms with van der Waals surface area (Å²) < 4.78 is 0. The van der Waals surface area contributed by atoms with Crippen molar-refractivity contribution in [2.75, 3.05) is 0 Å². The third kappa shape index (κ3) is 2860. The van der Waals surface area contributed by atoms with E-state index in [1.807, 2.05) is 0 Å². The molecule has 0 bridgehead atoms. The molecule has 0 fully saturated rings. The minimum Gasteiger partial charge on any atom is -2.00 e. The van der Waals surface area contributed by atoms with Crippen molar-refractivity contribution in [3.05, 3.63) is 0 Å². The number of hydrogen-bond donors (Lipinski definition) is 1. The van der Waals surface area contributed by atoms with E-state index in [0.29, 0.717) is 0 Å². The predicted octanol–water partition coefficient (Wildman–Crippen LogP) is -12.1. The minimum atomic E-state index is 0. The van der Waals surface area contributed by atoms with Crippen LogP contribution in [0, 0.1) is 0 Å². The van der Waals surface area contributed by atoms with Gasteiger partial charge >= 0.3 is 126 Å². The molecule has 238 valence electrons. The number of hydrogen-bond acceptors (Lipinski definition) is 6. The molecule has 0 aliphatic heterocycles. The van der Waals surface area contributed by atoms with E-state index in [1.165, 1.54) is 0 Å². The quantitative estimate of drug-likeness (QED) is 0.229. The van der Waals surface area contributed by atoms with Crippen molar-refractivity contribution >= 4 is 0 Å². The second kappa shape index (κ2) is 3030. The minimum absolute atomic E-state index is 0. The molecule has 0 aliphatic rings. The molecule has 0 aromatic heterocycles. The first kappa shape index (κ1) is 3300. The molecule has 0 atom stereocenters. The van der Waals surface area contributed by atoms with Gasteiger partial charge in [0.1, 0.15) is 0 Å². The zero-order valence-electron chi connectivity index (χ0n) is 15.5. The van der Waals surface area contributed by atoms with Crippen LogP contribution in [0.3, 0.4) is 0 Å². The maximum Gasteiger partial charge on any atom is 2.00 e. The SMILES string of the molecule is O.O.O.O.O.O.O.O.O.O.O.O.O.[Mo+2].[Mo+2].[Mo+2].[Mo+2].[Mo+2].[Mo+2].[Mo].[NH4+].[O-2].[O-2].[O-2].[O-2].[O-2].[O-2].[OH-].[OH-].[OH-].[OH-].[OH-].[OH-]. The molecule has 0 saturated carbocycles. The van der Waals surface area contributed by atoms with Crippen molar-refractivity contribution in [1.29, 1.82) is 0 Å². The third-order valence-corrected chi connectivity index (χ3v) is 0. The maximum absolute atomic E-state index is 0. The van der Waals surface area contributed by atoms with E-state index in [-0.39, 0.29) is 291 Å². The third-order valence-electron chi connectivity index (χ3n) is 0. The van der Waals surface area contributed by atoms with Crippen LogP contribution in [0.5, 0.6) is 0 Å². The van der Waals surface area contributed by atoms with Gasteiger partial charge in [0, 0.05) is 21.1 Å². The van der Waals surface area contributed by atoms with E-state index in [4.69, 9.17) is 0 Å². The van der Waals surface area contributed by atoms with Crippen LogP contribution < -0.4 is 6.15 Å². The molecule has 0 rings (SSSR count). The standard InChI is InChI=1S/7Mo.H3N.19H2O.6O/h;;;;;;;1H3;19*1H2;;;;;;/q;6*+2;;;;;;;;;;;;;;;;;;;;;6*-2/p-5. The summed E-state index contributed by atoms with van der Waals surface area (Å²) in [6.07, 6.45) is 0. The van der Waals surface area contributed by atoms with E-state index in [9.17, 15) is 0 Å². The summed E-state index contributed by atoms with van der Waals surface area (Å²) in [7, 11) is 0. The molecule has 33 heavy (non-hydrogen) atoms. The predicted molar refractivity (Wildman–Crippen MR) is 68.7 cm³/mol. The van der Waals surface area contributed by atoms with Crippen LogP contribution in [-0.4, -0.2) is 104 Å². The Labute approximate surface area is 287 Å². The van der Waals surface area contributed by atoms with Gasteiger partial charge in [0.15, 0.2) is 0 Å². The van der Waals surface area contributed by atoms with Gasteiger partial charge in [0.05, 0.1) is 0 Å². The van der Waals surface area contributed by atoms with Gasteiger partial charge in [-0.2, -0.15) is 0 Å². The van der Waals surface area contributed by atoms with Crippen LogP contribution >= 0.6 is 0 Å². The summed E-state index contributed by atoms with van der Waals surface area (Å²) in [6, 6.07) is 0. The molecule has 26 nitrogen and oxygen atoms in total. The van der Waals surface area contributed by atoms with Crippen LogP contribution in [0.25, 0.3) is 0 Å². The van der Waals surface area contributed by atoms with Crippen molar-refractivity contribution in [3.8, 4) is 0 Å². The van der Waals surface area contributed by atoms with Gasteiger partial charge in [0.2, 0.25) is 0 Å². The van der Waals surface area contributed by atoms with Crippen molar-refractivity contribution < 1.29 is 284 Å². The smallest absolute Gasteiger partial charge is 2.00 e. The summed E-state index contributed by atoms with van der Waals surface area (Å²) in [5, 5.41) is 0.